The summed E-state index contributed by atoms with van der Waals surface area (Å²) in [6.07, 6.45) is 0. The van der Waals surface area contributed by atoms with Gasteiger partial charge in [0, 0.05) is 11.6 Å². The summed E-state index contributed by atoms with van der Waals surface area (Å²) in [5.41, 5.74) is -0.720. The monoisotopic (exact) mass is 207 g/mol. The molecule has 0 spiro atoms. The second-order valence-corrected chi connectivity index (χ2v) is 2.56. The van der Waals surface area contributed by atoms with Crippen molar-refractivity contribution in [1.82, 2.24) is 0 Å². The number of nitrogens with zero attached hydrogens (tertiary/aromatic N) is 1. The lowest BCUT2D eigenvalue weighted by Gasteiger charge is -1.99. The second kappa shape index (κ2) is 3.66. The molecule has 0 bridgehead atoms. The third-order valence-corrected chi connectivity index (χ3v) is 1.73. The number of rotatable bonds is 2. The van der Waals surface area contributed by atoms with Crippen LogP contribution in [0.2, 0.25) is 0 Å². The molecule has 0 radical (unpaired) electrons. The molecule has 0 atom stereocenters. The summed E-state index contributed by atoms with van der Waals surface area (Å²) in [4.78, 5) is 9.40. The summed E-state index contributed by atoms with van der Waals surface area (Å²) in [7, 11) is 0. The first-order chi connectivity index (χ1) is 6.06. The highest BCUT2D eigenvalue weighted by Crippen LogP contribution is 2.21. The van der Waals surface area contributed by atoms with E-state index in [1.807, 2.05) is 0 Å². The molecule has 1 aromatic carbocycles. The predicted octanol–water partition coefficient (Wildman–Crippen LogP) is 2.61. The first-order valence-corrected chi connectivity index (χ1v) is 3.78. The van der Waals surface area contributed by atoms with Crippen LogP contribution in [0.4, 0.5) is 14.5 Å². The molecule has 3 nitrogen and oxygen atoms in total. The largest absolute Gasteiger partial charge is 0.272 e. The molecule has 0 amide bonds. The first kappa shape index (κ1) is 9.85. The number of benzene rings is 1. The fourth-order valence-corrected chi connectivity index (χ4v) is 1.03. The van der Waals surface area contributed by atoms with Crippen molar-refractivity contribution < 1.29 is 13.7 Å². The summed E-state index contributed by atoms with van der Waals surface area (Å²) in [6, 6.07) is 1.43. The SMILES string of the molecule is O=[N+]([O-])c1cc(F)c(F)c(CCl)c1. The lowest BCUT2D eigenvalue weighted by Crippen LogP contribution is -1.96. The van der Waals surface area contributed by atoms with E-state index in [2.05, 4.69) is 0 Å². The Morgan fingerprint density at radius 3 is 2.54 bits per heavy atom. The van der Waals surface area contributed by atoms with Crippen molar-refractivity contribution in [3.05, 3.63) is 39.4 Å². The van der Waals surface area contributed by atoms with Crippen LogP contribution in [0.25, 0.3) is 0 Å². The molecule has 0 aromatic heterocycles. The minimum absolute atomic E-state index is 0.214. The highest BCUT2D eigenvalue weighted by molar-refractivity contribution is 6.17. The molecule has 0 unspecified atom stereocenters. The van der Waals surface area contributed by atoms with E-state index in [1.54, 1.807) is 0 Å². The summed E-state index contributed by atoms with van der Waals surface area (Å²) in [5.74, 6) is -2.70. The highest BCUT2D eigenvalue weighted by Gasteiger charge is 2.15. The zero-order valence-corrected chi connectivity index (χ0v) is 7.02. The average Bonchev–Trinajstić information content (AvgIpc) is 2.09. The molecule has 0 fully saturated rings. The molecule has 0 aliphatic rings. The van der Waals surface area contributed by atoms with Crippen LogP contribution >= 0.6 is 11.6 Å². The molecule has 13 heavy (non-hydrogen) atoms. The van der Waals surface area contributed by atoms with Gasteiger partial charge in [-0.15, -0.1) is 11.6 Å². The lowest BCUT2D eigenvalue weighted by molar-refractivity contribution is -0.385. The molecule has 6 heteroatoms. The molecule has 0 N–H and O–H groups in total. The zero-order chi connectivity index (χ0) is 10.0. The average molecular weight is 208 g/mol. The Morgan fingerprint density at radius 1 is 1.46 bits per heavy atom. The summed E-state index contributed by atoms with van der Waals surface area (Å²) in [5, 5.41) is 10.2. The molecule has 0 aliphatic carbocycles. The quantitative estimate of drug-likeness (QED) is 0.425. The zero-order valence-electron chi connectivity index (χ0n) is 6.26. The molecule has 1 rings (SSSR count). The van der Waals surface area contributed by atoms with E-state index in [0.29, 0.717) is 6.07 Å². The molecule has 0 saturated heterocycles. The van der Waals surface area contributed by atoms with Crippen LogP contribution in [-0.4, -0.2) is 4.92 Å². The van der Waals surface area contributed by atoms with Crippen molar-refractivity contribution in [3.8, 4) is 0 Å². The molecule has 70 valence electrons. The van der Waals surface area contributed by atoms with Gasteiger partial charge < -0.3 is 0 Å². The van der Waals surface area contributed by atoms with Gasteiger partial charge in [-0.2, -0.15) is 0 Å². The van der Waals surface area contributed by atoms with Crippen LogP contribution in [0, 0.1) is 21.7 Å². The van der Waals surface area contributed by atoms with Gasteiger partial charge in [0.2, 0.25) is 0 Å². The Balaban J connectivity index is 3.30. The maximum absolute atomic E-state index is 12.8. The number of alkyl halides is 1. The standard InChI is InChI=1S/C7H4ClF2NO2/c8-3-4-1-5(11(12)13)2-6(9)7(4)10/h1-2H,3H2. The van der Waals surface area contributed by atoms with Gasteiger partial charge in [-0.25, -0.2) is 8.78 Å². The normalized spacial score (nSPS) is 10.1. The molecular weight excluding hydrogens is 204 g/mol. The van der Waals surface area contributed by atoms with Gasteiger partial charge in [-0.3, -0.25) is 10.1 Å². The van der Waals surface area contributed by atoms with Crippen LogP contribution in [-0.2, 0) is 5.88 Å². The van der Waals surface area contributed by atoms with Crippen LogP contribution in [0.3, 0.4) is 0 Å². The van der Waals surface area contributed by atoms with Crippen LogP contribution < -0.4 is 0 Å². The maximum Gasteiger partial charge on any atom is 0.272 e. The Kier molecular flexibility index (Phi) is 2.77. The van der Waals surface area contributed by atoms with E-state index in [1.165, 1.54) is 0 Å². The number of halogens is 3. The van der Waals surface area contributed by atoms with Crippen LogP contribution in [0.5, 0.6) is 0 Å². The molecule has 0 aliphatic heterocycles. The van der Waals surface area contributed by atoms with Gasteiger partial charge in [0.25, 0.3) is 5.69 Å². The third kappa shape index (κ3) is 1.92. The molecule has 0 saturated carbocycles. The predicted molar refractivity (Wildman–Crippen MR) is 42.6 cm³/mol. The van der Waals surface area contributed by atoms with Crippen molar-refractivity contribution in [2.24, 2.45) is 0 Å². The number of nitro benzene ring substituents is 1. The van der Waals surface area contributed by atoms with E-state index in [0.717, 1.165) is 6.07 Å². The van der Waals surface area contributed by atoms with Crippen molar-refractivity contribution in [3.63, 3.8) is 0 Å². The van der Waals surface area contributed by atoms with Gasteiger partial charge in [0.1, 0.15) is 0 Å². The maximum atomic E-state index is 12.8. The molecule has 0 heterocycles. The van der Waals surface area contributed by atoms with Crippen molar-refractivity contribution in [1.29, 1.82) is 0 Å². The summed E-state index contributed by atoms with van der Waals surface area (Å²) in [6.45, 7) is 0. The summed E-state index contributed by atoms with van der Waals surface area (Å²) >= 11 is 5.25. The Morgan fingerprint density at radius 2 is 2.08 bits per heavy atom. The number of nitro groups is 1. The van der Waals surface area contributed by atoms with E-state index >= 15 is 0 Å². The first-order valence-electron chi connectivity index (χ1n) is 3.24. The minimum Gasteiger partial charge on any atom is -0.258 e. The van der Waals surface area contributed by atoms with Crippen molar-refractivity contribution in [2.45, 2.75) is 5.88 Å². The fraction of sp³-hybridized carbons (Fsp3) is 0.143. The van der Waals surface area contributed by atoms with E-state index < -0.39 is 22.2 Å². The van der Waals surface area contributed by atoms with Gasteiger partial charge in [-0.05, 0) is 0 Å². The van der Waals surface area contributed by atoms with Crippen molar-refractivity contribution >= 4 is 17.3 Å². The van der Waals surface area contributed by atoms with Gasteiger partial charge >= 0.3 is 0 Å². The van der Waals surface area contributed by atoms with E-state index in [-0.39, 0.29) is 11.4 Å². The Hall–Kier alpha value is -1.23. The molecule has 1 aromatic rings. The number of non-ortho nitro benzene ring substituents is 1. The van der Waals surface area contributed by atoms with Crippen LogP contribution in [0.1, 0.15) is 5.56 Å². The smallest absolute Gasteiger partial charge is 0.258 e. The number of hydrogen-bond donors (Lipinski definition) is 0. The Labute approximate surface area is 77.1 Å². The van der Waals surface area contributed by atoms with Crippen molar-refractivity contribution in [2.75, 3.05) is 0 Å². The van der Waals surface area contributed by atoms with Crippen LogP contribution in [0.15, 0.2) is 12.1 Å². The minimum atomic E-state index is -1.26. The molecular formula is C7H4ClF2NO2. The topological polar surface area (TPSA) is 43.1 Å². The van der Waals surface area contributed by atoms with Gasteiger partial charge in [0.15, 0.2) is 11.6 Å². The number of hydrogen-bond acceptors (Lipinski definition) is 2. The van der Waals surface area contributed by atoms with E-state index in [4.69, 9.17) is 11.6 Å². The second-order valence-electron chi connectivity index (χ2n) is 2.29. The van der Waals surface area contributed by atoms with Gasteiger partial charge in [0.05, 0.1) is 16.9 Å². The highest BCUT2D eigenvalue weighted by atomic mass is 35.5. The Bertz CT molecular complexity index is 357. The van der Waals surface area contributed by atoms with Gasteiger partial charge in [-0.1, -0.05) is 0 Å². The summed E-state index contributed by atoms with van der Waals surface area (Å²) < 4.78 is 25.4. The lowest BCUT2D eigenvalue weighted by atomic mass is 10.2. The fourth-order valence-electron chi connectivity index (χ4n) is 0.833. The van der Waals surface area contributed by atoms with E-state index in [9.17, 15) is 18.9 Å². The third-order valence-electron chi connectivity index (χ3n) is 1.44.